The van der Waals surface area contributed by atoms with Gasteiger partial charge in [-0.3, -0.25) is 0 Å². The third-order valence-corrected chi connectivity index (χ3v) is 0.663. The zero-order valence-electron chi connectivity index (χ0n) is 4.30. The highest BCUT2D eigenvalue weighted by Gasteiger charge is 1.89. The largest absolute Gasteiger partial charge is 0.311 e. The molecule has 0 aliphatic rings. The van der Waals surface area contributed by atoms with Gasteiger partial charge in [0.05, 0.1) is 0 Å². The predicted octanol–water partition coefficient (Wildman–Crippen LogP) is 0.319. The Morgan fingerprint density at radius 2 is 2.25 bits per heavy atom. The third kappa shape index (κ3) is 0.959. The summed E-state index contributed by atoms with van der Waals surface area (Å²) in [6.45, 7) is 1.60. The van der Waals surface area contributed by atoms with Crippen LogP contribution in [0.15, 0.2) is 6.33 Å². The number of nitrogens with zero attached hydrogens (tertiary/aromatic N) is 3. The Balaban J connectivity index is 3.08. The van der Waals surface area contributed by atoms with Crippen LogP contribution in [-0.4, -0.2) is 15.0 Å². The van der Waals surface area contributed by atoms with Gasteiger partial charge in [-0.25, -0.2) is 4.98 Å². The molecule has 1 heterocycles. The van der Waals surface area contributed by atoms with Gasteiger partial charge in [-0.2, -0.15) is 14.4 Å². The summed E-state index contributed by atoms with van der Waals surface area (Å²) in [5.41, 5.74) is 0. The molecule has 1 rings (SSSR count). The molecule has 0 radical (unpaired) electrons. The molecule has 0 aliphatic heterocycles. The fourth-order valence-electron chi connectivity index (χ4n) is 0.351. The molecule has 0 unspecified atom stereocenters. The van der Waals surface area contributed by atoms with Crippen LogP contribution in [0.4, 0.5) is 4.39 Å². The first-order chi connectivity index (χ1) is 3.79. The fourth-order valence-corrected chi connectivity index (χ4v) is 0.351. The van der Waals surface area contributed by atoms with Crippen molar-refractivity contribution in [3.8, 4) is 0 Å². The van der Waals surface area contributed by atoms with Gasteiger partial charge in [-0.1, -0.05) is 0 Å². The number of halogens is 1. The average molecular weight is 113 g/mol. The molecule has 0 aromatic carbocycles. The second kappa shape index (κ2) is 1.81. The molecule has 0 atom stereocenters. The van der Waals surface area contributed by atoms with E-state index in [1.807, 2.05) is 0 Å². The quantitative estimate of drug-likeness (QED) is 0.486. The highest BCUT2D eigenvalue weighted by Crippen LogP contribution is 1.83. The molecule has 8 heavy (non-hydrogen) atoms. The molecule has 0 bridgehead atoms. The molecule has 3 nitrogen and oxygen atoms in total. The van der Waals surface area contributed by atoms with E-state index in [0.717, 1.165) is 6.33 Å². The van der Waals surface area contributed by atoms with Crippen molar-refractivity contribution in [2.75, 3.05) is 0 Å². The minimum atomic E-state index is -0.725. The number of aromatic nitrogens is 3. The van der Waals surface area contributed by atoms with Crippen molar-refractivity contribution in [1.82, 2.24) is 15.0 Å². The zero-order valence-corrected chi connectivity index (χ0v) is 4.30. The summed E-state index contributed by atoms with van der Waals surface area (Å²) in [7, 11) is 0. The Kier molecular flexibility index (Phi) is 1.15. The minimum Gasteiger partial charge on any atom is -0.222 e. The van der Waals surface area contributed by atoms with Crippen molar-refractivity contribution < 1.29 is 4.39 Å². The third-order valence-electron chi connectivity index (χ3n) is 0.663. The normalized spacial score (nSPS) is 9.25. The Morgan fingerprint density at radius 1 is 1.50 bits per heavy atom. The van der Waals surface area contributed by atoms with E-state index >= 15 is 0 Å². The van der Waals surface area contributed by atoms with Crippen LogP contribution in [0.3, 0.4) is 0 Å². The number of aryl methyl sites for hydroxylation is 1. The Hall–Kier alpha value is -1.06. The van der Waals surface area contributed by atoms with E-state index in [-0.39, 0.29) is 0 Å². The number of hydrogen-bond acceptors (Lipinski definition) is 3. The lowest BCUT2D eigenvalue weighted by molar-refractivity contribution is 0.527. The molecule has 0 saturated heterocycles. The molecular weight excluding hydrogens is 109 g/mol. The summed E-state index contributed by atoms with van der Waals surface area (Å²) in [5, 5.41) is 0. The van der Waals surface area contributed by atoms with Crippen LogP contribution in [-0.2, 0) is 0 Å². The standard InChI is InChI=1S/C4H4FN3/c1-3-6-2-7-4(5)8-3/h2H,1H3. The lowest BCUT2D eigenvalue weighted by Crippen LogP contribution is -1.92. The van der Waals surface area contributed by atoms with Crippen molar-refractivity contribution in [2.24, 2.45) is 0 Å². The Labute approximate surface area is 45.6 Å². The van der Waals surface area contributed by atoms with Gasteiger partial charge in [0.1, 0.15) is 12.2 Å². The highest BCUT2D eigenvalue weighted by molar-refractivity contribution is 4.75. The maximum absolute atomic E-state index is 11.9. The van der Waals surface area contributed by atoms with Gasteiger partial charge in [0.15, 0.2) is 0 Å². The van der Waals surface area contributed by atoms with Crippen LogP contribution >= 0.6 is 0 Å². The fraction of sp³-hybridized carbons (Fsp3) is 0.250. The minimum absolute atomic E-state index is 0.400. The molecule has 0 fully saturated rings. The van der Waals surface area contributed by atoms with Crippen LogP contribution in [0.5, 0.6) is 0 Å². The molecule has 0 spiro atoms. The first kappa shape index (κ1) is 5.08. The van der Waals surface area contributed by atoms with Gasteiger partial charge in [0.2, 0.25) is 0 Å². The van der Waals surface area contributed by atoms with E-state index in [1.54, 1.807) is 6.92 Å². The van der Waals surface area contributed by atoms with E-state index in [4.69, 9.17) is 0 Å². The first-order valence-corrected chi connectivity index (χ1v) is 2.10. The summed E-state index contributed by atoms with van der Waals surface area (Å²) in [4.78, 5) is 10.0. The molecule has 1 aromatic rings. The van der Waals surface area contributed by atoms with Crippen LogP contribution in [0, 0.1) is 13.0 Å². The maximum Gasteiger partial charge on any atom is 0.311 e. The SMILES string of the molecule is Cc1ncnc(F)n1. The summed E-state index contributed by atoms with van der Waals surface area (Å²) < 4.78 is 11.9. The molecule has 1 aromatic heterocycles. The lowest BCUT2D eigenvalue weighted by atomic mass is 10.7. The lowest BCUT2D eigenvalue weighted by Gasteiger charge is -1.85. The smallest absolute Gasteiger partial charge is 0.222 e. The number of hydrogen-bond donors (Lipinski definition) is 0. The van der Waals surface area contributed by atoms with Gasteiger partial charge in [-0.05, 0) is 6.92 Å². The first-order valence-electron chi connectivity index (χ1n) is 2.10. The van der Waals surface area contributed by atoms with Crippen molar-refractivity contribution in [3.63, 3.8) is 0 Å². The van der Waals surface area contributed by atoms with E-state index in [2.05, 4.69) is 15.0 Å². The van der Waals surface area contributed by atoms with Crippen molar-refractivity contribution in [2.45, 2.75) is 6.92 Å². The Morgan fingerprint density at radius 3 is 2.62 bits per heavy atom. The van der Waals surface area contributed by atoms with Crippen molar-refractivity contribution in [3.05, 3.63) is 18.2 Å². The van der Waals surface area contributed by atoms with E-state index in [9.17, 15) is 4.39 Å². The van der Waals surface area contributed by atoms with Crippen molar-refractivity contribution >= 4 is 0 Å². The van der Waals surface area contributed by atoms with Gasteiger partial charge in [0.25, 0.3) is 0 Å². The van der Waals surface area contributed by atoms with Gasteiger partial charge in [-0.15, -0.1) is 0 Å². The van der Waals surface area contributed by atoms with E-state index < -0.39 is 6.08 Å². The van der Waals surface area contributed by atoms with Crippen LogP contribution in [0.1, 0.15) is 5.82 Å². The average Bonchev–Trinajstić information content (AvgIpc) is 1.64. The Bertz CT molecular complexity index is 171. The second-order valence-electron chi connectivity index (χ2n) is 1.30. The highest BCUT2D eigenvalue weighted by atomic mass is 19.1. The molecule has 42 valence electrons. The molecular formula is C4H4FN3. The van der Waals surface area contributed by atoms with Crippen LogP contribution in [0.25, 0.3) is 0 Å². The molecule has 0 N–H and O–H groups in total. The monoisotopic (exact) mass is 113 g/mol. The van der Waals surface area contributed by atoms with Gasteiger partial charge in [0, 0.05) is 0 Å². The summed E-state index contributed by atoms with van der Waals surface area (Å²) in [6, 6.07) is 0. The van der Waals surface area contributed by atoms with E-state index in [1.165, 1.54) is 0 Å². The molecule has 0 saturated carbocycles. The maximum atomic E-state index is 11.9. The summed E-state index contributed by atoms with van der Waals surface area (Å²) >= 11 is 0. The second-order valence-corrected chi connectivity index (χ2v) is 1.30. The molecule has 0 aliphatic carbocycles. The van der Waals surface area contributed by atoms with Crippen LogP contribution < -0.4 is 0 Å². The van der Waals surface area contributed by atoms with Gasteiger partial charge >= 0.3 is 6.08 Å². The topological polar surface area (TPSA) is 38.7 Å². The number of rotatable bonds is 0. The zero-order chi connectivity index (χ0) is 5.98. The van der Waals surface area contributed by atoms with Gasteiger partial charge < -0.3 is 0 Å². The summed E-state index contributed by atoms with van der Waals surface area (Å²) in [5.74, 6) is 0.400. The van der Waals surface area contributed by atoms with Crippen molar-refractivity contribution in [1.29, 1.82) is 0 Å². The van der Waals surface area contributed by atoms with E-state index in [0.29, 0.717) is 5.82 Å². The molecule has 0 amide bonds. The molecule has 4 heteroatoms. The summed E-state index contributed by atoms with van der Waals surface area (Å²) in [6.07, 6.45) is 0.412. The predicted molar refractivity (Wildman–Crippen MR) is 24.5 cm³/mol. The van der Waals surface area contributed by atoms with Crippen LogP contribution in [0.2, 0.25) is 0 Å².